The zero-order valence-corrected chi connectivity index (χ0v) is 14.9. The van der Waals surface area contributed by atoms with Gasteiger partial charge in [-0.1, -0.05) is 64.7 Å². The smallest absolute Gasteiger partial charge is 0.237 e. The van der Waals surface area contributed by atoms with Crippen molar-refractivity contribution >= 4 is 5.91 Å². The van der Waals surface area contributed by atoms with Crippen LogP contribution < -0.4 is 5.32 Å². The fraction of sp³-hybridized carbons (Fsp3) is 0.944. The van der Waals surface area contributed by atoms with Crippen molar-refractivity contribution in [2.24, 2.45) is 0 Å². The largest absolute Gasteiger partial charge is 0.328 e. The van der Waals surface area contributed by atoms with Gasteiger partial charge in [0.05, 0.1) is 13.2 Å². The van der Waals surface area contributed by atoms with Crippen molar-refractivity contribution in [1.82, 2.24) is 15.1 Å². The molecule has 1 amide bonds. The predicted octanol–water partition coefficient (Wildman–Crippen LogP) is 3.23. The summed E-state index contributed by atoms with van der Waals surface area (Å²) in [5, 5.41) is 3.20. The Morgan fingerprint density at radius 2 is 1.59 bits per heavy atom. The van der Waals surface area contributed by atoms with Crippen LogP contribution in [0.4, 0.5) is 0 Å². The highest BCUT2D eigenvalue weighted by molar-refractivity contribution is 5.78. The number of likely N-dealkylation sites (N-methyl/N-ethyl adjacent to an activating group) is 1. The van der Waals surface area contributed by atoms with E-state index in [1.54, 1.807) is 0 Å². The van der Waals surface area contributed by atoms with Gasteiger partial charge >= 0.3 is 0 Å². The Bertz CT molecular complexity index is 278. The minimum atomic E-state index is 0.263. The van der Waals surface area contributed by atoms with Gasteiger partial charge in [0.15, 0.2) is 0 Å². The molecule has 1 aliphatic heterocycles. The highest BCUT2D eigenvalue weighted by atomic mass is 16.2. The van der Waals surface area contributed by atoms with Crippen LogP contribution in [0.3, 0.4) is 0 Å². The van der Waals surface area contributed by atoms with E-state index in [0.29, 0.717) is 6.54 Å². The monoisotopic (exact) mass is 311 g/mol. The van der Waals surface area contributed by atoms with E-state index < -0.39 is 0 Å². The zero-order valence-electron chi connectivity index (χ0n) is 14.9. The van der Waals surface area contributed by atoms with E-state index in [4.69, 9.17) is 0 Å². The van der Waals surface area contributed by atoms with Gasteiger partial charge in [0.1, 0.15) is 0 Å². The van der Waals surface area contributed by atoms with Crippen molar-refractivity contribution in [1.29, 1.82) is 0 Å². The lowest BCUT2D eigenvalue weighted by molar-refractivity contribution is -0.131. The van der Waals surface area contributed by atoms with Gasteiger partial charge in [-0.3, -0.25) is 15.0 Å². The van der Waals surface area contributed by atoms with E-state index in [1.807, 2.05) is 4.90 Å². The van der Waals surface area contributed by atoms with Gasteiger partial charge in [0.2, 0.25) is 5.91 Å². The van der Waals surface area contributed by atoms with Crippen molar-refractivity contribution in [3.63, 3.8) is 0 Å². The van der Waals surface area contributed by atoms with Crippen molar-refractivity contribution in [2.45, 2.75) is 71.1 Å². The standard InChI is InChI=1S/C18H37N3O/c1-3-4-5-6-7-8-9-10-11-12-14-20(2)16-18(22)21-15-13-19-17-21/h19H,3-17H2,1-2H3. The Kier molecular flexibility index (Phi) is 11.4. The number of unbranched alkanes of at least 4 members (excludes halogenated alkanes) is 9. The Balaban J connectivity index is 1.86. The first-order valence-corrected chi connectivity index (χ1v) is 9.41. The molecule has 0 atom stereocenters. The summed E-state index contributed by atoms with van der Waals surface area (Å²) in [7, 11) is 2.06. The molecule has 0 aromatic carbocycles. The number of nitrogens with zero attached hydrogens (tertiary/aromatic N) is 2. The molecule has 1 N–H and O–H groups in total. The van der Waals surface area contributed by atoms with Crippen molar-refractivity contribution in [2.75, 3.05) is 39.9 Å². The molecule has 0 bridgehead atoms. The maximum atomic E-state index is 12.0. The van der Waals surface area contributed by atoms with Crippen LogP contribution in [0.25, 0.3) is 0 Å². The number of amides is 1. The summed E-state index contributed by atoms with van der Waals surface area (Å²) < 4.78 is 0. The molecule has 0 radical (unpaired) electrons. The lowest BCUT2D eigenvalue weighted by atomic mass is 10.1. The second kappa shape index (κ2) is 12.9. The number of carbonyl (C=O) groups excluding carboxylic acids is 1. The van der Waals surface area contributed by atoms with Crippen molar-refractivity contribution < 1.29 is 4.79 Å². The van der Waals surface area contributed by atoms with Crippen molar-refractivity contribution in [3.05, 3.63) is 0 Å². The quantitative estimate of drug-likeness (QED) is 0.530. The molecule has 0 spiro atoms. The third-order valence-electron chi connectivity index (χ3n) is 4.51. The summed E-state index contributed by atoms with van der Waals surface area (Å²) in [6.45, 7) is 6.42. The van der Waals surface area contributed by atoms with E-state index in [-0.39, 0.29) is 5.91 Å². The maximum absolute atomic E-state index is 12.0. The maximum Gasteiger partial charge on any atom is 0.237 e. The average Bonchev–Trinajstić information content (AvgIpc) is 3.03. The molecule has 4 nitrogen and oxygen atoms in total. The van der Waals surface area contributed by atoms with E-state index in [2.05, 4.69) is 24.2 Å². The predicted molar refractivity (Wildman–Crippen MR) is 93.9 cm³/mol. The molecule has 1 heterocycles. The Morgan fingerprint density at radius 1 is 1.00 bits per heavy atom. The van der Waals surface area contributed by atoms with Crippen LogP contribution in [0.5, 0.6) is 0 Å². The van der Waals surface area contributed by atoms with Gasteiger partial charge in [0.25, 0.3) is 0 Å². The first kappa shape index (κ1) is 19.4. The first-order chi connectivity index (χ1) is 10.7. The minimum Gasteiger partial charge on any atom is -0.328 e. The molecule has 0 saturated carbocycles. The molecule has 1 fully saturated rings. The molecule has 0 aliphatic carbocycles. The normalized spacial score (nSPS) is 15.0. The highest BCUT2D eigenvalue weighted by Gasteiger charge is 2.18. The molecular formula is C18H37N3O. The lowest BCUT2D eigenvalue weighted by Crippen LogP contribution is -2.38. The third kappa shape index (κ3) is 9.42. The number of carbonyl (C=O) groups is 1. The van der Waals surface area contributed by atoms with Crippen LogP contribution in [-0.2, 0) is 4.79 Å². The molecule has 1 rings (SSSR count). The van der Waals surface area contributed by atoms with Crippen LogP contribution in [0.15, 0.2) is 0 Å². The highest BCUT2D eigenvalue weighted by Crippen LogP contribution is 2.10. The Labute approximate surface area is 137 Å². The minimum absolute atomic E-state index is 0.263. The van der Waals surface area contributed by atoms with Crippen LogP contribution >= 0.6 is 0 Å². The lowest BCUT2D eigenvalue weighted by Gasteiger charge is -2.20. The Morgan fingerprint density at radius 3 is 2.14 bits per heavy atom. The van der Waals surface area contributed by atoms with E-state index in [0.717, 1.165) is 26.3 Å². The second-order valence-electron chi connectivity index (χ2n) is 6.74. The van der Waals surface area contributed by atoms with Gasteiger partial charge in [-0.25, -0.2) is 0 Å². The second-order valence-corrected chi connectivity index (χ2v) is 6.74. The molecule has 1 aliphatic rings. The van der Waals surface area contributed by atoms with Crippen LogP contribution in [0.1, 0.15) is 71.1 Å². The summed E-state index contributed by atoms with van der Waals surface area (Å²) in [6, 6.07) is 0. The molecule has 0 aromatic rings. The van der Waals surface area contributed by atoms with Crippen LogP contribution in [-0.4, -0.2) is 55.6 Å². The summed E-state index contributed by atoms with van der Waals surface area (Å²) in [5.74, 6) is 0.263. The van der Waals surface area contributed by atoms with Gasteiger partial charge in [-0.2, -0.15) is 0 Å². The fourth-order valence-electron chi connectivity index (χ4n) is 3.00. The Hall–Kier alpha value is -0.610. The van der Waals surface area contributed by atoms with Crippen LogP contribution in [0, 0.1) is 0 Å². The topological polar surface area (TPSA) is 35.6 Å². The molecule has 130 valence electrons. The molecule has 22 heavy (non-hydrogen) atoms. The summed E-state index contributed by atoms with van der Waals surface area (Å²) in [5.41, 5.74) is 0. The fourth-order valence-corrected chi connectivity index (χ4v) is 3.00. The number of hydrogen-bond acceptors (Lipinski definition) is 3. The molecule has 0 unspecified atom stereocenters. The number of hydrogen-bond donors (Lipinski definition) is 1. The van der Waals surface area contributed by atoms with Gasteiger partial charge in [-0.05, 0) is 20.0 Å². The van der Waals surface area contributed by atoms with Crippen LogP contribution in [0.2, 0.25) is 0 Å². The van der Waals surface area contributed by atoms with Gasteiger partial charge < -0.3 is 4.90 Å². The van der Waals surface area contributed by atoms with Gasteiger partial charge in [-0.15, -0.1) is 0 Å². The first-order valence-electron chi connectivity index (χ1n) is 9.41. The molecule has 1 saturated heterocycles. The van der Waals surface area contributed by atoms with E-state index in [1.165, 1.54) is 64.2 Å². The van der Waals surface area contributed by atoms with Gasteiger partial charge in [0, 0.05) is 13.1 Å². The average molecular weight is 312 g/mol. The summed E-state index contributed by atoms with van der Waals surface area (Å²) in [4.78, 5) is 16.1. The number of nitrogens with one attached hydrogen (secondary N) is 1. The summed E-state index contributed by atoms with van der Waals surface area (Å²) >= 11 is 0. The number of rotatable bonds is 13. The SMILES string of the molecule is CCCCCCCCCCCCN(C)CC(=O)N1CCNC1. The summed E-state index contributed by atoms with van der Waals surface area (Å²) in [6.07, 6.45) is 13.7. The zero-order chi connectivity index (χ0) is 16.0. The van der Waals surface area contributed by atoms with Crippen molar-refractivity contribution in [3.8, 4) is 0 Å². The third-order valence-corrected chi connectivity index (χ3v) is 4.51. The molecule has 4 heteroatoms. The van der Waals surface area contributed by atoms with E-state index >= 15 is 0 Å². The molecule has 0 aromatic heterocycles. The van der Waals surface area contributed by atoms with E-state index in [9.17, 15) is 4.79 Å². The molecular weight excluding hydrogens is 274 g/mol.